The van der Waals surface area contributed by atoms with Gasteiger partial charge in [-0.3, -0.25) is 20.0 Å². The van der Waals surface area contributed by atoms with Gasteiger partial charge in [-0.15, -0.1) is 0 Å². The van der Waals surface area contributed by atoms with E-state index in [1.165, 1.54) is 20.8 Å². The molecule has 1 heterocycles. The Morgan fingerprint density at radius 3 is 1.20 bits per heavy atom. The number of rotatable bonds is 43. The number of hydrogen-bond acceptors (Lipinski definition) is 18. The van der Waals surface area contributed by atoms with Crippen molar-refractivity contribution < 1.29 is 57.2 Å². The average molecular weight is 1130 g/mol. The van der Waals surface area contributed by atoms with Gasteiger partial charge in [0.1, 0.15) is 31.7 Å². The number of esters is 3. The zero-order chi connectivity index (χ0) is 60.0. The molecule has 0 aromatic carbocycles. The number of amides is 3. The van der Waals surface area contributed by atoms with Gasteiger partial charge in [0.25, 0.3) is 0 Å². The molecule has 1 aromatic heterocycles. The molecular weight excluding hydrogens is 1040 g/mol. The van der Waals surface area contributed by atoms with Crippen LogP contribution in [0.1, 0.15) is 139 Å². The van der Waals surface area contributed by atoms with Crippen molar-refractivity contribution in [3.05, 3.63) is 80.4 Å². The Hall–Kier alpha value is -6.53. The summed E-state index contributed by atoms with van der Waals surface area (Å²) in [5.41, 5.74) is -2.86. The lowest BCUT2D eigenvalue weighted by atomic mass is 10.2. The van der Waals surface area contributed by atoms with Crippen molar-refractivity contribution in [2.75, 3.05) is 78.7 Å². The molecule has 3 N–H and O–H groups in total. The summed E-state index contributed by atoms with van der Waals surface area (Å²) < 4.78 is 35.6. The summed E-state index contributed by atoms with van der Waals surface area (Å²) in [4.78, 5) is 128. The molecule has 0 saturated carbocycles. The lowest BCUT2D eigenvalue weighted by Gasteiger charge is -2.32. The Bertz CT molecular complexity index is 2190. The molecule has 0 aliphatic rings. The smallest absolute Gasteiger partial charge is 0.412 e. The van der Waals surface area contributed by atoms with E-state index in [0.29, 0.717) is 52.1 Å². The van der Waals surface area contributed by atoms with Crippen LogP contribution in [-0.4, -0.2) is 162 Å². The van der Waals surface area contributed by atoms with Gasteiger partial charge in [0.05, 0.1) is 32.7 Å². The van der Waals surface area contributed by atoms with Crippen molar-refractivity contribution >= 4 is 36.2 Å². The third kappa shape index (κ3) is 29.1. The molecule has 80 heavy (non-hydrogen) atoms. The SMILES string of the molecule is C=C(C)C(=O)O/C=C/NC(=O)OC(Cn1c(=O)n(CC(CN(CCCC)CCCC)OC(=O)NCCOC(=O)C(=C)C)c(=O)n(CC(CN(CCCC)CCCC)OC(=O)NCCOC(=O)C(=C)C)c1=O)N(CCCC)CCCC. The van der Waals surface area contributed by atoms with Crippen LogP contribution in [-0.2, 0) is 62.4 Å². The van der Waals surface area contributed by atoms with Crippen LogP contribution in [0, 0.1) is 0 Å². The van der Waals surface area contributed by atoms with Gasteiger partial charge in [0.2, 0.25) is 0 Å². The first kappa shape index (κ1) is 71.5. The van der Waals surface area contributed by atoms with Crippen molar-refractivity contribution in [3.8, 4) is 0 Å². The number of alkyl carbamates (subject to hydrolysis) is 3. The summed E-state index contributed by atoms with van der Waals surface area (Å²) in [6, 6.07) is 0. The van der Waals surface area contributed by atoms with Crippen LogP contribution < -0.4 is 33.0 Å². The van der Waals surface area contributed by atoms with Crippen molar-refractivity contribution in [2.45, 2.75) is 177 Å². The first-order valence-electron chi connectivity index (χ1n) is 28.3. The minimum absolute atomic E-state index is 0.0589. The average Bonchev–Trinajstić information content (AvgIpc) is 3.44. The van der Waals surface area contributed by atoms with Crippen LogP contribution in [0.25, 0.3) is 0 Å². The highest BCUT2D eigenvalue weighted by Crippen LogP contribution is 2.12. The highest BCUT2D eigenvalue weighted by Gasteiger charge is 2.30. The summed E-state index contributed by atoms with van der Waals surface area (Å²) in [5.74, 6) is -2.04. The number of aromatic nitrogens is 3. The van der Waals surface area contributed by atoms with Gasteiger partial charge in [-0.2, -0.15) is 0 Å². The molecule has 1 rings (SSSR count). The standard InChI is InChI=1S/C56H95N9O15/c1-13-19-28-60(29-20-14-2)37-45(78-51(69)57-25-34-75-48(66)42(7)8)39-63-54(72)64(40-46(38-61(30-21-15-3)31-22-16-4)79-52(70)58-26-35-76-49(67)43(9)10)56(74)65(55(63)73)41-47(62(32-23-17-5)33-24-18-6)80-53(71)59-27-36-77-50(68)44(11)12/h27,36,45-47H,7,9,11,13-26,28-35,37-41H2,1-6,8,10,12H3,(H,57,69)(H,58,70)(H,59,71)/b36-27+. The number of ether oxygens (including phenoxy) is 6. The minimum Gasteiger partial charge on any atom is -0.460 e. The number of hydrogen-bond donors (Lipinski definition) is 3. The van der Waals surface area contributed by atoms with E-state index in [4.69, 9.17) is 28.4 Å². The second kappa shape index (κ2) is 41.5. The number of nitrogens with zero attached hydrogens (tertiary/aromatic N) is 6. The molecule has 3 atom stereocenters. The number of unbranched alkanes of at least 4 members (excludes halogenated alkanes) is 6. The first-order chi connectivity index (χ1) is 38.2. The molecule has 24 nitrogen and oxygen atoms in total. The zero-order valence-electron chi connectivity index (χ0n) is 49.4. The highest BCUT2D eigenvalue weighted by atomic mass is 16.6. The van der Waals surface area contributed by atoms with Crippen LogP contribution >= 0.6 is 0 Å². The maximum atomic E-state index is 15.2. The summed E-state index contributed by atoms with van der Waals surface area (Å²) >= 11 is 0. The van der Waals surface area contributed by atoms with E-state index in [2.05, 4.69) is 45.5 Å². The third-order valence-corrected chi connectivity index (χ3v) is 12.2. The summed E-state index contributed by atoms with van der Waals surface area (Å²) in [6.07, 6.45) is 4.62. The fourth-order valence-corrected chi connectivity index (χ4v) is 7.70. The molecule has 0 bridgehead atoms. The van der Waals surface area contributed by atoms with E-state index in [9.17, 15) is 28.8 Å². The maximum absolute atomic E-state index is 15.2. The maximum Gasteiger partial charge on any atom is 0.412 e. The first-order valence-corrected chi connectivity index (χ1v) is 28.3. The van der Waals surface area contributed by atoms with Gasteiger partial charge in [0, 0.05) is 49.1 Å². The van der Waals surface area contributed by atoms with E-state index in [1.807, 2.05) is 46.4 Å². The Balaban J connectivity index is 4.35. The van der Waals surface area contributed by atoms with Gasteiger partial charge in [-0.1, -0.05) is 99.8 Å². The van der Waals surface area contributed by atoms with E-state index in [0.717, 1.165) is 90.4 Å². The number of carbonyl (C=O) groups is 6. The van der Waals surface area contributed by atoms with Crippen molar-refractivity contribution in [1.82, 2.24) is 44.4 Å². The third-order valence-electron chi connectivity index (χ3n) is 12.2. The lowest BCUT2D eigenvalue weighted by molar-refractivity contribution is -0.139. The normalized spacial score (nSPS) is 12.4. The monoisotopic (exact) mass is 1130 g/mol. The quantitative estimate of drug-likeness (QED) is 0.0170. The highest BCUT2D eigenvalue weighted by molar-refractivity contribution is 5.88. The minimum atomic E-state index is -1.31. The predicted molar refractivity (Wildman–Crippen MR) is 305 cm³/mol. The Kier molecular flexibility index (Phi) is 37.1. The molecular formula is C56H95N9O15. The Morgan fingerprint density at radius 2 is 0.850 bits per heavy atom. The van der Waals surface area contributed by atoms with Gasteiger partial charge >= 0.3 is 53.3 Å². The van der Waals surface area contributed by atoms with Gasteiger partial charge < -0.3 is 39.1 Å². The van der Waals surface area contributed by atoms with Gasteiger partial charge in [-0.05, 0) is 85.5 Å². The molecule has 0 spiro atoms. The van der Waals surface area contributed by atoms with Gasteiger partial charge in [-0.25, -0.2) is 56.9 Å². The van der Waals surface area contributed by atoms with Crippen LogP contribution in [0.4, 0.5) is 14.4 Å². The number of nitrogens with one attached hydrogen (secondary N) is 3. The van der Waals surface area contributed by atoms with Gasteiger partial charge in [0.15, 0.2) is 6.23 Å². The summed E-state index contributed by atoms with van der Waals surface area (Å²) in [7, 11) is 0. The number of carbonyl (C=O) groups excluding carboxylic acids is 6. The fraction of sp³-hybridized carbons (Fsp3) is 0.696. The van der Waals surface area contributed by atoms with Crippen molar-refractivity contribution in [2.24, 2.45) is 0 Å². The molecule has 0 aliphatic heterocycles. The van der Waals surface area contributed by atoms with E-state index >= 15 is 14.4 Å². The molecule has 454 valence electrons. The van der Waals surface area contributed by atoms with Crippen LogP contribution in [0.2, 0.25) is 0 Å². The predicted octanol–water partition coefficient (Wildman–Crippen LogP) is 5.95. The molecule has 1 aromatic rings. The lowest BCUT2D eigenvalue weighted by Crippen LogP contribution is -2.59. The second-order valence-corrected chi connectivity index (χ2v) is 19.7. The summed E-state index contributed by atoms with van der Waals surface area (Å²) in [5, 5.41) is 7.50. The van der Waals surface area contributed by atoms with E-state index < -0.39 is 91.3 Å². The van der Waals surface area contributed by atoms with Crippen molar-refractivity contribution in [3.63, 3.8) is 0 Å². The Morgan fingerprint density at radius 1 is 0.500 bits per heavy atom. The molecule has 0 radical (unpaired) electrons. The largest absolute Gasteiger partial charge is 0.460 e. The zero-order valence-corrected chi connectivity index (χ0v) is 49.4. The molecule has 0 saturated heterocycles. The summed E-state index contributed by atoms with van der Waals surface area (Å²) in [6.45, 7) is 28.0. The van der Waals surface area contributed by atoms with E-state index in [1.54, 1.807) is 0 Å². The molecule has 3 unspecified atom stereocenters. The second-order valence-electron chi connectivity index (χ2n) is 19.7. The molecule has 3 amide bonds. The topological polar surface area (TPSA) is 270 Å². The molecule has 24 heteroatoms. The van der Waals surface area contributed by atoms with Crippen LogP contribution in [0.5, 0.6) is 0 Å². The van der Waals surface area contributed by atoms with E-state index in [-0.39, 0.29) is 56.1 Å². The fourth-order valence-electron chi connectivity index (χ4n) is 7.70. The molecule has 0 fully saturated rings. The van der Waals surface area contributed by atoms with Crippen LogP contribution in [0.3, 0.4) is 0 Å². The van der Waals surface area contributed by atoms with Crippen LogP contribution in [0.15, 0.2) is 63.3 Å². The Labute approximate surface area is 472 Å². The van der Waals surface area contributed by atoms with Crippen molar-refractivity contribution in [1.29, 1.82) is 0 Å². The molecule has 0 aliphatic carbocycles.